The molecule has 1 rings (SSSR count). The Morgan fingerprint density at radius 1 is 1.21 bits per heavy atom. The molecule has 0 saturated carbocycles. The third-order valence-electron chi connectivity index (χ3n) is 1.40. The fourth-order valence-electron chi connectivity index (χ4n) is 0.868. The molecule has 1 aromatic carbocycles. The summed E-state index contributed by atoms with van der Waals surface area (Å²) >= 11 is 0. The summed E-state index contributed by atoms with van der Waals surface area (Å²) in [4.78, 5) is 9.90. The Morgan fingerprint density at radius 3 is 2.07 bits per heavy atom. The minimum atomic E-state index is -4.46. The number of carboxylic acid groups (broad SMARTS) is 1. The van der Waals surface area contributed by atoms with E-state index in [4.69, 9.17) is 9.66 Å². The number of hydrogen-bond acceptors (Lipinski definition) is 3. The van der Waals surface area contributed by atoms with Crippen molar-refractivity contribution in [2.45, 2.75) is 4.90 Å². The third kappa shape index (κ3) is 2.81. The Kier molecular flexibility index (Phi) is 4.28. The van der Waals surface area contributed by atoms with Gasteiger partial charge in [-0.3, -0.25) is 4.55 Å². The van der Waals surface area contributed by atoms with Crippen LogP contribution in [-0.2, 0) is 27.2 Å². The summed E-state index contributed by atoms with van der Waals surface area (Å²) in [5.41, 5.74) is -0.440. The second-order valence-electron chi connectivity index (χ2n) is 2.28. The Balaban J connectivity index is 0.00000169. The van der Waals surface area contributed by atoms with Crippen molar-refractivity contribution in [2.24, 2.45) is 0 Å². The molecule has 0 aliphatic rings. The molecule has 1 aromatic rings. The van der Waals surface area contributed by atoms with Crippen LogP contribution in [0.2, 0.25) is 0 Å². The molecule has 0 aliphatic heterocycles. The second kappa shape index (κ2) is 4.56. The maximum Gasteiger partial charge on any atom is 0.337 e. The number of benzene rings is 1. The molecule has 0 aromatic heterocycles. The summed E-state index contributed by atoms with van der Waals surface area (Å²) in [6.07, 6.45) is 0. The maximum absolute atomic E-state index is 10.7. The molecule has 0 saturated heterocycles. The van der Waals surface area contributed by atoms with Crippen LogP contribution in [0.4, 0.5) is 0 Å². The predicted molar refractivity (Wildman–Crippen MR) is 43.2 cm³/mol. The molecule has 0 atom stereocenters. The summed E-state index contributed by atoms with van der Waals surface area (Å²) < 4.78 is 29.9. The topological polar surface area (TPSA) is 91.7 Å². The van der Waals surface area contributed by atoms with Crippen LogP contribution in [-0.4, -0.2) is 24.0 Å². The molecule has 0 fully saturated rings. The van der Waals surface area contributed by atoms with E-state index in [0.29, 0.717) is 0 Å². The molecule has 81 valence electrons. The van der Waals surface area contributed by atoms with Crippen molar-refractivity contribution in [3.8, 4) is 0 Å². The van der Waals surface area contributed by atoms with Crippen molar-refractivity contribution < 1.29 is 39.9 Å². The number of carbonyl (C=O) groups is 1. The van der Waals surface area contributed by atoms with Gasteiger partial charge in [-0.1, -0.05) is 12.1 Å². The number of hydrogen-bond donors (Lipinski definition) is 2. The molecule has 1 radical (unpaired) electrons. The van der Waals surface area contributed by atoms with Gasteiger partial charge in [-0.25, -0.2) is 4.79 Å². The SMILES string of the molecule is O=C(O)c1ccccc1S(=O)(=O)O.[Cu]. The monoisotopic (exact) mass is 265 g/mol. The first-order chi connectivity index (χ1) is 5.93. The summed E-state index contributed by atoms with van der Waals surface area (Å²) in [5.74, 6) is -1.40. The van der Waals surface area contributed by atoms with Gasteiger partial charge in [-0.05, 0) is 12.1 Å². The van der Waals surface area contributed by atoms with Gasteiger partial charge >= 0.3 is 5.97 Å². The third-order valence-corrected chi connectivity index (χ3v) is 2.31. The standard InChI is InChI=1S/C7H6O5S.Cu/c8-7(9)5-3-1-2-4-6(5)13(10,11)12;/h1-4H,(H,8,9)(H,10,11,12);. The largest absolute Gasteiger partial charge is 0.478 e. The number of aromatic carboxylic acids is 1. The molecule has 0 spiro atoms. The molecular weight excluding hydrogens is 260 g/mol. The van der Waals surface area contributed by atoms with Gasteiger partial charge < -0.3 is 5.11 Å². The van der Waals surface area contributed by atoms with E-state index in [1.165, 1.54) is 12.1 Å². The average Bonchev–Trinajstić information content (AvgIpc) is 2.03. The van der Waals surface area contributed by atoms with Gasteiger partial charge in [0.2, 0.25) is 0 Å². The van der Waals surface area contributed by atoms with Crippen LogP contribution < -0.4 is 0 Å². The average molecular weight is 266 g/mol. The van der Waals surface area contributed by atoms with E-state index in [0.717, 1.165) is 12.1 Å². The predicted octanol–water partition coefficient (Wildman–Crippen LogP) is 0.629. The molecule has 14 heavy (non-hydrogen) atoms. The first kappa shape index (κ1) is 13.1. The minimum absolute atomic E-state index is 0. The zero-order chi connectivity index (χ0) is 10.1. The zero-order valence-electron chi connectivity index (χ0n) is 6.64. The fourth-order valence-corrected chi connectivity index (χ4v) is 1.55. The first-order valence-electron chi connectivity index (χ1n) is 3.23. The van der Waals surface area contributed by atoms with Crippen LogP contribution in [0, 0.1) is 0 Å². The maximum atomic E-state index is 10.7. The van der Waals surface area contributed by atoms with E-state index in [9.17, 15) is 13.2 Å². The van der Waals surface area contributed by atoms with Gasteiger partial charge in [0.15, 0.2) is 0 Å². The summed E-state index contributed by atoms with van der Waals surface area (Å²) in [6.45, 7) is 0. The number of rotatable bonds is 2. The van der Waals surface area contributed by atoms with Crippen LogP contribution in [0.25, 0.3) is 0 Å². The van der Waals surface area contributed by atoms with E-state index in [1.54, 1.807) is 0 Å². The fraction of sp³-hybridized carbons (Fsp3) is 0. The zero-order valence-corrected chi connectivity index (χ0v) is 8.40. The van der Waals surface area contributed by atoms with Crippen molar-refractivity contribution in [3.05, 3.63) is 29.8 Å². The molecule has 0 bridgehead atoms. The molecule has 0 unspecified atom stereocenters. The normalized spacial score (nSPS) is 10.4. The van der Waals surface area contributed by atoms with E-state index in [1.807, 2.05) is 0 Å². The van der Waals surface area contributed by atoms with E-state index < -0.39 is 26.5 Å². The Hall–Kier alpha value is -0.881. The molecule has 0 heterocycles. The molecular formula is C7H6CuO5S. The van der Waals surface area contributed by atoms with Gasteiger partial charge in [0.1, 0.15) is 4.90 Å². The van der Waals surface area contributed by atoms with Crippen molar-refractivity contribution >= 4 is 16.1 Å². The van der Waals surface area contributed by atoms with E-state index >= 15 is 0 Å². The molecule has 0 amide bonds. The summed E-state index contributed by atoms with van der Waals surface area (Å²) in [6, 6.07) is 4.83. The smallest absolute Gasteiger partial charge is 0.337 e. The first-order valence-corrected chi connectivity index (χ1v) is 4.67. The molecule has 0 aliphatic carbocycles. The summed E-state index contributed by atoms with van der Waals surface area (Å²) in [5, 5.41) is 8.55. The molecule has 7 heteroatoms. The van der Waals surface area contributed by atoms with Crippen LogP contribution in [0.15, 0.2) is 29.2 Å². The Morgan fingerprint density at radius 2 is 1.71 bits per heavy atom. The molecule has 5 nitrogen and oxygen atoms in total. The van der Waals surface area contributed by atoms with E-state index in [2.05, 4.69) is 0 Å². The van der Waals surface area contributed by atoms with Crippen molar-refractivity contribution in [3.63, 3.8) is 0 Å². The number of carboxylic acids is 1. The Labute approximate surface area is 91.0 Å². The van der Waals surface area contributed by atoms with Gasteiger partial charge in [-0.2, -0.15) is 8.42 Å². The van der Waals surface area contributed by atoms with Crippen LogP contribution in [0.1, 0.15) is 10.4 Å². The van der Waals surface area contributed by atoms with Crippen molar-refractivity contribution in [1.82, 2.24) is 0 Å². The molecule has 2 N–H and O–H groups in total. The minimum Gasteiger partial charge on any atom is -0.478 e. The van der Waals surface area contributed by atoms with Crippen LogP contribution in [0.5, 0.6) is 0 Å². The summed E-state index contributed by atoms with van der Waals surface area (Å²) in [7, 11) is -4.46. The van der Waals surface area contributed by atoms with Gasteiger partial charge in [0.25, 0.3) is 10.1 Å². The van der Waals surface area contributed by atoms with Gasteiger partial charge in [0, 0.05) is 17.1 Å². The second-order valence-corrected chi connectivity index (χ2v) is 3.67. The van der Waals surface area contributed by atoms with Gasteiger partial charge in [-0.15, -0.1) is 0 Å². The quantitative estimate of drug-likeness (QED) is 0.604. The van der Waals surface area contributed by atoms with Crippen molar-refractivity contribution in [1.29, 1.82) is 0 Å². The Bertz CT molecular complexity index is 439. The van der Waals surface area contributed by atoms with E-state index in [-0.39, 0.29) is 17.1 Å². The van der Waals surface area contributed by atoms with Crippen molar-refractivity contribution in [2.75, 3.05) is 0 Å². The van der Waals surface area contributed by atoms with Gasteiger partial charge in [0.05, 0.1) is 5.56 Å². The van der Waals surface area contributed by atoms with Crippen LogP contribution in [0.3, 0.4) is 0 Å². The van der Waals surface area contributed by atoms with Crippen LogP contribution >= 0.6 is 0 Å².